The molecule has 9 heavy (non-hydrogen) atoms. The minimum atomic E-state index is -0.959. The van der Waals surface area contributed by atoms with Crippen LogP contribution in [0.2, 0.25) is 0 Å². The fourth-order valence-corrected chi connectivity index (χ4v) is 0.541. The number of carbonyl (C=O) groups is 1. The molecule has 0 unspecified atom stereocenters. The van der Waals surface area contributed by atoms with Crippen molar-refractivity contribution in [3.8, 4) is 0 Å². The summed E-state index contributed by atoms with van der Waals surface area (Å²) < 4.78 is 0. The molecule has 5 heteroatoms. The van der Waals surface area contributed by atoms with E-state index in [4.69, 9.17) is 10.8 Å². The van der Waals surface area contributed by atoms with E-state index in [0.29, 0.717) is 12.2 Å². The number of thiol groups is 1. The topological polar surface area (TPSA) is 63.3 Å². The Bertz CT molecular complexity index is 95.3. The Labute approximate surface area is 83.2 Å². The van der Waals surface area contributed by atoms with Gasteiger partial charge in [-0.05, 0) is 12.2 Å². The van der Waals surface area contributed by atoms with Gasteiger partial charge in [-0.3, -0.25) is 4.79 Å². The van der Waals surface area contributed by atoms with Gasteiger partial charge in [-0.2, -0.15) is 12.6 Å². The Hall–Kier alpha value is 0.780. The Morgan fingerprint density at radius 1 is 1.89 bits per heavy atom. The third kappa shape index (κ3) is 6.67. The first-order chi connectivity index (χ1) is 3.68. The fraction of sp³-hybridized carbons (Fsp3) is 0.750. The fourth-order valence-electron chi connectivity index (χ4n) is 0.263. The molecule has 50 valence electrons. The molecule has 0 aliphatic rings. The van der Waals surface area contributed by atoms with Crippen LogP contribution < -0.4 is 35.3 Å². The zero-order chi connectivity index (χ0) is 6.57. The number of nitrogens with two attached hydrogens (primary N) is 1. The van der Waals surface area contributed by atoms with Crippen molar-refractivity contribution in [3.63, 3.8) is 0 Å². The Kier molecular flexibility index (Phi) is 9.54. The van der Waals surface area contributed by atoms with E-state index in [2.05, 4.69) is 12.6 Å². The molecule has 3 nitrogen and oxygen atoms in total. The molecule has 0 aliphatic carbocycles. The average molecular weight is 159 g/mol. The molecule has 0 heterocycles. The third-order valence-electron chi connectivity index (χ3n) is 0.757. The van der Waals surface area contributed by atoms with Crippen molar-refractivity contribution < 1.29 is 40.9 Å². The van der Waals surface area contributed by atoms with Gasteiger partial charge in [0, 0.05) is 0 Å². The van der Waals surface area contributed by atoms with Crippen LogP contribution in [0.5, 0.6) is 0 Å². The van der Waals surface area contributed by atoms with E-state index in [9.17, 15) is 4.79 Å². The van der Waals surface area contributed by atoms with Crippen molar-refractivity contribution in [2.24, 2.45) is 5.73 Å². The number of hydrogen-bond acceptors (Lipinski definition) is 3. The van der Waals surface area contributed by atoms with E-state index in [1.54, 1.807) is 0 Å². The number of carboxylic acids is 1. The second kappa shape index (κ2) is 6.89. The van der Waals surface area contributed by atoms with Gasteiger partial charge in [-0.25, -0.2) is 0 Å². The minimum Gasteiger partial charge on any atom is -1.00 e. The van der Waals surface area contributed by atoms with Gasteiger partial charge in [0.15, 0.2) is 0 Å². The number of rotatable bonds is 3. The van der Waals surface area contributed by atoms with Gasteiger partial charge in [-0.15, -0.1) is 0 Å². The predicted octanol–water partition coefficient (Wildman–Crippen LogP) is -3.17. The molecule has 0 aromatic heterocycles. The van der Waals surface area contributed by atoms with Crippen molar-refractivity contribution in [1.29, 1.82) is 0 Å². The van der Waals surface area contributed by atoms with E-state index in [0.717, 1.165) is 0 Å². The quantitative estimate of drug-likeness (QED) is 0.301. The smallest absolute Gasteiger partial charge is 1.00 e. The van der Waals surface area contributed by atoms with Gasteiger partial charge >= 0.3 is 35.5 Å². The predicted molar refractivity (Wildman–Crippen MR) is 35.2 cm³/mol. The van der Waals surface area contributed by atoms with Gasteiger partial charge in [0.05, 0.1) is 0 Å². The standard InChI is InChI=1S/C4H9NO2S.Na.H/c5-3(1-2-8)4(6)7;;/h3,8H,1-2,5H2,(H,6,7);;/q;+1;-1/t3-;;/m1../s1. The normalized spacial score (nSPS) is 11.8. The Balaban J connectivity index is -0.000000245. The van der Waals surface area contributed by atoms with Crippen molar-refractivity contribution in [2.75, 3.05) is 5.75 Å². The minimum absolute atomic E-state index is 0. The Morgan fingerprint density at radius 2 is 2.33 bits per heavy atom. The molecule has 0 bridgehead atoms. The molecule has 0 saturated heterocycles. The molecule has 0 aromatic rings. The van der Waals surface area contributed by atoms with Gasteiger partial charge in [0.1, 0.15) is 6.04 Å². The van der Waals surface area contributed by atoms with Gasteiger partial charge in [-0.1, -0.05) is 0 Å². The maximum absolute atomic E-state index is 9.93. The zero-order valence-electron chi connectivity index (χ0n) is 6.37. The van der Waals surface area contributed by atoms with Crippen molar-refractivity contribution in [1.82, 2.24) is 0 Å². The maximum atomic E-state index is 9.93. The van der Waals surface area contributed by atoms with Crippen molar-refractivity contribution in [3.05, 3.63) is 0 Å². The SMILES string of the molecule is N[C@H](CCS)C(=O)O.[H-].[Na+]. The summed E-state index contributed by atoms with van der Waals surface area (Å²) in [4.78, 5) is 9.93. The molecule has 0 amide bonds. The summed E-state index contributed by atoms with van der Waals surface area (Å²) in [6.07, 6.45) is 0.429. The van der Waals surface area contributed by atoms with Gasteiger partial charge < -0.3 is 12.3 Å². The molecule has 1 atom stereocenters. The molecule has 3 N–H and O–H groups in total. The first-order valence-electron chi connectivity index (χ1n) is 2.27. The van der Waals surface area contributed by atoms with Crippen molar-refractivity contribution in [2.45, 2.75) is 12.5 Å². The summed E-state index contributed by atoms with van der Waals surface area (Å²) in [5.41, 5.74) is 5.08. The molecule has 0 fully saturated rings. The van der Waals surface area contributed by atoms with Crippen LogP contribution in [0.1, 0.15) is 7.85 Å². The maximum Gasteiger partial charge on any atom is 1.00 e. The zero-order valence-corrected chi connectivity index (χ0v) is 8.27. The molecular formula is C4H10NNaO2S. The van der Waals surface area contributed by atoms with E-state index >= 15 is 0 Å². The molecule has 0 spiro atoms. The van der Waals surface area contributed by atoms with Crippen LogP contribution in [0.15, 0.2) is 0 Å². The third-order valence-corrected chi connectivity index (χ3v) is 1.02. The number of carboxylic acid groups (broad SMARTS) is 1. The summed E-state index contributed by atoms with van der Waals surface area (Å²) in [7, 11) is 0. The summed E-state index contributed by atoms with van der Waals surface area (Å²) in [6, 6.07) is -0.743. The van der Waals surface area contributed by atoms with Crippen LogP contribution in [0.3, 0.4) is 0 Å². The molecule has 0 rings (SSSR count). The first kappa shape index (κ1) is 12.5. The molecule has 0 radical (unpaired) electrons. The monoisotopic (exact) mass is 159 g/mol. The summed E-state index contributed by atoms with van der Waals surface area (Å²) in [5.74, 6) is -0.438. The second-order valence-corrected chi connectivity index (χ2v) is 1.90. The van der Waals surface area contributed by atoms with Crippen molar-refractivity contribution >= 4 is 18.6 Å². The van der Waals surface area contributed by atoms with Crippen LogP contribution in [0, 0.1) is 0 Å². The van der Waals surface area contributed by atoms with Crippen LogP contribution in [0.4, 0.5) is 0 Å². The van der Waals surface area contributed by atoms with Gasteiger partial charge in [0.2, 0.25) is 0 Å². The second-order valence-electron chi connectivity index (χ2n) is 1.46. The average Bonchev–Trinajstić information content (AvgIpc) is 1.67. The largest absolute Gasteiger partial charge is 1.00 e. The van der Waals surface area contributed by atoms with Gasteiger partial charge in [0.25, 0.3) is 0 Å². The molecule has 0 aliphatic heterocycles. The molecule has 0 saturated carbocycles. The van der Waals surface area contributed by atoms with Crippen LogP contribution >= 0.6 is 12.6 Å². The summed E-state index contributed by atoms with van der Waals surface area (Å²) in [5, 5.41) is 8.15. The van der Waals surface area contributed by atoms with Crippen LogP contribution in [0.25, 0.3) is 0 Å². The number of hydrogen-bond donors (Lipinski definition) is 3. The van der Waals surface area contributed by atoms with Crippen LogP contribution in [-0.2, 0) is 4.79 Å². The summed E-state index contributed by atoms with van der Waals surface area (Å²) >= 11 is 3.81. The molecular weight excluding hydrogens is 149 g/mol. The van der Waals surface area contributed by atoms with Crippen LogP contribution in [-0.4, -0.2) is 22.9 Å². The Morgan fingerprint density at radius 3 is 2.44 bits per heavy atom. The van der Waals surface area contributed by atoms with E-state index < -0.39 is 12.0 Å². The van der Waals surface area contributed by atoms with E-state index in [1.807, 2.05) is 0 Å². The first-order valence-corrected chi connectivity index (χ1v) is 2.91. The molecule has 0 aromatic carbocycles. The van der Waals surface area contributed by atoms with E-state index in [-0.39, 0.29) is 31.0 Å². The number of aliphatic carboxylic acids is 1. The van der Waals surface area contributed by atoms with E-state index in [1.165, 1.54) is 0 Å². The summed E-state index contributed by atoms with van der Waals surface area (Å²) in [6.45, 7) is 0.